The van der Waals surface area contributed by atoms with Crippen LogP contribution in [0.4, 0.5) is 0 Å². The highest BCUT2D eigenvalue weighted by atomic mass is 79.9. The summed E-state index contributed by atoms with van der Waals surface area (Å²) in [7, 11) is -2.93. The molecule has 1 fully saturated rings. The summed E-state index contributed by atoms with van der Waals surface area (Å²) in [6, 6.07) is 8.27. The van der Waals surface area contributed by atoms with E-state index in [0.717, 1.165) is 36.7 Å². The Morgan fingerprint density at radius 1 is 1.32 bits per heavy atom. The number of hydrogen-bond donors (Lipinski definition) is 1. The Morgan fingerprint density at radius 2 is 2.05 bits per heavy atom. The first-order valence-corrected chi connectivity index (χ1v) is 9.39. The number of nitrogens with one attached hydrogen (secondary N) is 1. The minimum absolute atomic E-state index is 0.123. The van der Waals surface area contributed by atoms with Gasteiger partial charge < -0.3 is 5.32 Å². The number of hydrogen-bond acceptors (Lipinski definition) is 3. The second-order valence-electron chi connectivity index (χ2n) is 5.20. The van der Waals surface area contributed by atoms with Crippen molar-refractivity contribution < 1.29 is 8.42 Å². The second kappa shape index (κ2) is 6.37. The van der Waals surface area contributed by atoms with Gasteiger partial charge in [-0.1, -0.05) is 40.5 Å². The molecule has 0 saturated heterocycles. The quantitative estimate of drug-likeness (QED) is 0.891. The third kappa shape index (κ3) is 4.04. The predicted octanol–water partition coefficient (Wildman–Crippen LogP) is 2.55. The van der Waals surface area contributed by atoms with E-state index in [2.05, 4.69) is 27.3 Å². The Morgan fingerprint density at radius 3 is 2.74 bits per heavy atom. The van der Waals surface area contributed by atoms with Crippen LogP contribution in [0.3, 0.4) is 0 Å². The van der Waals surface area contributed by atoms with Gasteiger partial charge in [0.2, 0.25) is 0 Å². The van der Waals surface area contributed by atoms with E-state index in [4.69, 9.17) is 0 Å². The summed E-state index contributed by atoms with van der Waals surface area (Å²) in [6.07, 6.45) is 5.03. The van der Waals surface area contributed by atoms with Gasteiger partial charge in [0.1, 0.15) is 0 Å². The molecule has 3 nitrogen and oxygen atoms in total. The highest BCUT2D eigenvalue weighted by Crippen LogP contribution is 2.25. The van der Waals surface area contributed by atoms with Gasteiger partial charge in [-0.2, -0.15) is 0 Å². The number of benzene rings is 1. The molecule has 0 aromatic heterocycles. The van der Waals surface area contributed by atoms with E-state index in [1.54, 1.807) is 0 Å². The lowest BCUT2D eigenvalue weighted by Gasteiger charge is -2.19. The Labute approximate surface area is 123 Å². The third-order valence-corrected chi connectivity index (χ3v) is 6.20. The Bertz CT molecular complexity index is 530. The maximum absolute atomic E-state index is 11.7. The zero-order chi connectivity index (χ0) is 13.9. The normalized spacial score (nSPS) is 23.7. The summed E-state index contributed by atoms with van der Waals surface area (Å²) >= 11 is 3.53. The number of halogens is 1. The van der Waals surface area contributed by atoms with Crippen LogP contribution in [0.5, 0.6) is 0 Å². The number of sulfone groups is 1. The molecule has 0 aliphatic heterocycles. The average molecular weight is 346 g/mol. The van der Waals surface area contributed by atoms with Crippen molar-refractivity contribution in [3.05, 3.63) is 34.3 Å². The molecule has 0 spiro atoms. The van der Waals surface area contributed by atoms with E-state index >= 15 is 0 Å². The van der Waals surface area contributed by atoms with E-state index in [1.807, 2.05) is 18.2 Å². The van der Waals surface area contributed by atoms with Gasteiger partial charge >= 0.3 is 0 Å². The van der Waals surface area contributed by atoms with Crippen molar-refractivity contribution >= 4 is 25.8 Å². The van der Waals surface area contributed by atoms with Crippen LogP contribution in [0.15, 0.2) is 28.7 Å². The molecular formula is C14H20BrNO2S. The molecule has 1 aromatic rings. The lowest BCUT2D eigenvalue weighted by molar-refractivity contribution is 0.510. The Hall–Kier alpha value is -0.390. The standard InChI is InChI=1S/C14H20BrNO2S/c1-19(17,18)14-8-4-7-13(14)16-10-9-11-5-2-3-6-12(11)15/h2-3,5-6,13-14,16H,4,7-10H2,1H3/t13-,14+/m1/s1. The van der Waals surface area contributed by atoms with Gasteiger partial charge in [0.15, 0.2) is 9.84 Å². The van der Waals surface area contributed by atoms with Gasteiger partial charge in [-0.15, -0.1) is 0 Å². The van der Waals surface area contributed by atoms with Crippen molar-refractivity contribution in [1.29, 1.82) is 0 Å². The molecule has 1 aliphatic carbocycles. The maximum Gasteiger partial charge on any atom is 0.151 e. The van der Waals surface area contributed by atoms with Gasteiger partial charge in [-0.05, 0) is 37.4 Å². The van der Waals surface area contributed by atoms with Crippen molar-refractivity contribution in [1.82, 2.24) is 5.32 Å². The summed E-state index contributed by atoms with van der Waals surface area (Å²) in [5.41, 5.74) is 1.25. The molecule has 0 radical (unpaired) electrons. The van der Waals surface area contributed by atoms with E-state index in [0.29, 0.717) is 0 Å². The van der Waals surface area contributed by atoms with E-state index < -0.39 is 9.84 Å². The van der Waals surface area contributed by atoms with Crippen LogP contribution in [-0.2, 0) is 16.3 Å². The Kier molecular flexibility index (Phi) is 5.03. The van der Waals surface area contributed by atoms with Crippen LogP contribution in [0.2, 0.25) is 0 Å². The Balaban J connectivity index is 1.88. The second-order valence-corrected chi connectivity index (χ2v) is 8.32. The van der Waals surface area contributed by atoms with Gasteiger partial charge in [0.25, 0.3) is 0 Å². The van der Waals surface area contributed by atoms with Crippen LogP contribution < -0.4 is 5.32 Å². The summed E-state index contributed by atoms with van der Waals surface area (Å²) in [6.45, 7) is 0.819. The molecular weight excluding hydrogens is 326 g/mol. The zero-order valence-corrected chi connectivity index (χ0v) is 13.5. The first kappa shape index (κ1) is 15.0. The minimum Gasteiger partial charge on any atom is -0.312 e. The molecule has 0 unspecified atom stereocenters. The van der Waals surface area contributed by atoms with Crippen molar-refractivity contribution in [2.45, 2.75) is 37.0 Å². The fraction of sp³-hybridized carbons (Fsp3) is 0.571. The molecule has 1 aliphatic rings. The van der Waals surface area contributed by atoms with E-state index in [1.165, 1.54) is 11.8 Å². The topological polar surface area (TPSA) is 46.2 Å². The molecule has 0 amide bonds. The summed E-state index contributed by atoms with van der Waals surface area (Å²) in [4.78, 5) is 0. The van der Waals surface area contributed by atoms with Crippen LogP contribution in [0.25, 0.3) is 0 Å². The first-order valence-electron chi connectivity index (χ1n) is 6.64. The molecule has 0 heterocycles. The van der Waals surface area contributed by atoms with Crippen LogP contribution in [0.1, 0.15) is 24.8 Å². The number of rotatable bonds is 5. The fourth-order valence-electron chi connectivity index (χ4n) is 2.77. The summed E-state index contributed by atoms with van der Waals surface area (Å²) in [5, 5.41) is 3.21. The smallest absolute Gasteiger partial charge is 0.151 e. The molecule has 2 rings (SSSR count). The SMILES string of the molecule is CS(=O)(=O)[C@H]1CCC[C@H]1NCCc1ccccc1Br. The molecule has 5 heteroatoms. The largest absolute Gasteiger partial charge is 0.312 e. The summed E-state index contributed by atoms with van der Waals surface area (Å²) < 4.78 is 24.5. The zero-order valence-electron chi connectivity index (χ0n) is 11.1. The fourth-order valence-corrected chi connectivity index (χ4v) is 4.67. The first-order chi connectivity index (χ1) is 8.98. The van der Waals surface area contributed by atoms with Crippen LogP contribution >= 0.6 is 15.9 Å². The van der Waals surface area contributed by atoms with Crippen molar-refractivity contribution in [3.63, 3.8) is 0 Å². The lowest BCUT2D eigenvalue weighted by Crippen LogP contribution is -2.40. The molecule has 2 atom stereocenters. The van der Waals surface area contributed by atoms with Gasteiger partial charge in [0.05, 0.1) is 5.25 Å². The lowest BCUT2D eigenvalue weighted by atomic mass is 10.1. The van der Waals surface area contributed by atoms with Crippen molar-refractivity contribution in [2.75, 3.05) is 12.8 Å². The minimum atomic E-state index is -2.93. The van der Waals surface area contributed by atoms with Crippen molar-refractivity contribution in [3.8, 4) is 0 Å². The molecule has 1 aromatic carbocycles. The molecule has 0 bridgehead atoms. The molecule has 1 saturated carbocycles. The van der Waals surface area contributed by atoms with Crippen LogP contribution in [-0.4, -0.2) is 32.5 Å². The van der Waals surface area contributed by atoms with Crippen molar-refractivity contribution in [2.24, 2.45) is 0 Å². The molecule has 106 valence electrons. The monoisotopic (exact) mass is 345 g/mol. The van der Waals surface area contributed by atoms with Gasteiger partial charge in [-0.25, -0.2) is 8.42 Å². The third-order valence-electron chi connectivity index (χ3n) is 3.76. The molecule has 1 N–H and O–H groups in total. The van der Waals surface area contributed by atoms with Gasteiger partial charge in [0, 0.05) is 16.8 Å². The predicted molar refractivity (Wildman–Crippen MR) is 82.1 cm³/mol. The molecule has 19 heavy (non-hydrogen) atoms. The highest BCUT2D eigenvalue weighted by molar-refractivity contribution is 9.10. The van der Waals surface area contributed by atoms with E-state index in [9.17, 15) is 8.42 Å². The average Bonchev–Trinajstić information content (AvgIpc) is 2.80. The summed E-state index contributed by atoms with van der Waals surface area (Å²) in [5.74, 6) is 0. The maximum atomic E-state index is 11.7. The van der Waals surface area contributed by atoms with E-state index in [-0.39, 0.29) is 11.3 Å². The van der Waals surface area contributed by atoms with Crippen LogP contribution in [0, 0.1) is 0 Å². The highest BCUT2D eigenvalue weighted by Gasteiger charge is 2.34. The van der Waals surface area contributed by atoms with Gasteiger partial charge in [-0.3, -0.25) is 0 Å².